The number of likely N-dealkylation sites (tertiary alicyclic amines) is 1. The Labute approximate surface area is 599 Å². The van der Waals surface area contributed by atoms with Crippen molar-refractivity contribution >= 4 is 117 Å². The maximum absolute atomic E-state index is 11.0. The number of hydrogen-bond acceptors (Lipinski definition) is 14. The third-order valence-electron chi connectivity index (χ3n) is 9.23. The number of nitrogens with one attached hydrogen (secondary N) is 1. The Kier molecular flexibility index (Phi) is 112. The standard InChI is InChI=1S/C10H16N3O2.C8H14N3O.4C6H6.2C3H6O2.C2H4O2.3C2H6S.2C2H6.CH3Br.B4.2Y/c1-9(15)13-6-10(7-13)12-4-2-11(8-14)3-5-12;12-7-10-1-3-11(4-2-10)8-5-9-6-8;4*1-2-4-6-5-3-1;2*1-3(4)5-2;1-2(3)4;3*1-3-2;3*1-2;1-4(2)3;;/h10H,2-7H2,1H3;8-9H,1-6H2;4*1-6H;2*1-2H3;1H3,(H,3,4);3*1-2H3;2*1-2H3;1H3;;;/q2*-1;;;;;;;;;;;;;;;;. The van der Waals surface area contributed by atoms with Crippen molar-refractivity contribution < 1.29 is 109 Å². The predicted octanol–water partition coefficient (Wildman–Crippen LogP) is 9.21. The van der Waals surface area contributed by atoms with E-state index in [2.05, 4.69) is 63.7 Å². The van der Waals surface area contributed by atoms with Crippen molar-refractivity contribution in [3.63, 3.8) is 0 Å². The molecule has 0 atom stereocenters. The van der Waals surface area contributed by atoms with E-state index in [1.807, 2.05) is 234 Å². The summed E-state index contributed by atoms with van der Waals surface area (Å²) in [7, 11) is 16.7. The largest absolute Gasteiger partial charge is 0.520 e. The predicted molar refractivity (Wildman–Crippen MR) is 374 cm³/mol. The third kappa shape index (κ3) is 92.7. The van der Waals surface area contributed by atoms with Gasteiger partial charge in [-0.25, -0.2) is 0 Å². The Morgan fingerprint density at radius 3 is 0.756 bits per heavy atom. The number of halogens is 1. The second-order valence-electron chi connectivity index (χ2n) is 15.9. The molecule has 0 saturated carbocycles. The molecule has 4 saturated heterocycles. The Hall–Kier alpha value is -2.42. The van der Waals surface area contributed by atoms with Crippen molar-refractivity contribution in [3.05, 3.63) is 146 Å². The number of esters is 2. The average molecular weight is 1460 g/mol. The zero-order valence-electron chi connectivity index (χ0n) is 55.0. The van der Waals surface area contributed by atoms with Crippen molar-refractivity contribution in [1.82, 2.24) is 29.8 Å². The van der Waals surface area contributed by atoms with Crippen molar-refractivity contribution in [2.75, 3.05) is 136 Å². The molecule has 8 rings (SSSR count). The Morgan fingerprint density at radius 2 is 0.640 bits per heavy atom. The average Bonchev–Trinajstić information content (AvgIpc) is 3.24. The second-order valence-corrected chi connectivity index (χ2v) is 18.4. The molecular weight excluding hydrogens is 1360 g/mol. The van der Waals surface area contributed by atoms with Crippen LogP contribution >= 0.6 is 51.2 Å². The summed E-state index contributed by atoms with van der Waals surface area (Å²) < 4.78 is 8.22. The third-order valence-corrected chi connectivity index (χ3v) is 9.23. The maximum atomic E-state index is 11.0. The minimum Gasteiger partial charge on any atom is -0.520 e. The molecule has 476 valence electrons. The van der Waals surface area contributed by atoms with Crippen molar-refractivity contribution in [2.45, 2.75) is 67.5 Å². The van der Waals surface area contributed by atoms with E-state index in [0.29, 0.717) is 6.04 Å². The van der Waals surface area contributed by atoms with Crippen LogP contribution in [0.4, 0.5) is 0 Å². The molecule has 2 N–H and O–H groups in total. The number of nitrogens with zero attached hydrogens (tertiary/aromatic N) is 5. The van der Waals surface area contributed by atoms with Crippen LogP contribution in [0.5, 0.6) is 0 Å². The van der Waals surface area contributed by atoms with E-state index in [1.165, 1.54) is 28.1 Å². The number of benzene rings is 4. The van der Waals surface area contributed by atoms with Crippen molar-refractivity contribution in [1.29, 1.82) is 0 Å². The van der Waals surface area contributed by atoms with Gasteiger partial charge >= 0.3 is 11.9 Å². The first kappa shape index (κ1) is 105. The first-order valence-corrected chi connectivity index (χ1v) is 33.7. The molecule has 15 nitrogen and oxygen atoms in total. The van der Waals surface area contributed by atoms with Gasteiger partial charge < -0.3 is 44.2 Å². The van der Waals surface area contributed by atoms with Gasteiger partial charge in [0, 0.05) is 213 Å². The Bertz CT molecular complexity index is 1630. The number of carboxylic acid groups (broad SMARTS) is 1. The number of methoxy groups -OCH3 is 2. The minimum atomic E-state index is -0.833. The van der Waals surface area contributed by atoms with Gasteiger partial charge in [-0.1, -0.05) is 189 Å². The van der Waals surface area contributed by atoms with Crippen LogP contribution < -0.4 is 5.32 Å². The van der Waals surface area contributed by atoms with Crippen LogP contribution in [-0.2, 0) is 104 Å². The van der Waals surface area contributed by atoms with Crippen LogP contribution in [0.3, 0.4) is 0 Å². The molecule has 8 radical (unpaired) electrons. The molecule has 4 aromatic rings. The number of rotatable bonds is 4. The summed E-state index contributed by atoms with van der Waals surface area (Å²) in [6.45, 7) is 24.4. The van der Waals surface area contributed by atoms with Gasteiger partial charge in [0.2, 0.25) is 5.91 Å². The van der Waals surface area contributed by atoms with Gasteiger partial charge in [-0.15, -0.1) is 0 Å². The van der Waals surface area contributed by atoms with Crippen LogP contribution in [-0.4, -0.2) is 244 Å². The molecule has 0 bridgehead atoms. The number of alkyl halides is 1. The fourth-order valence-electron chi connectivity index (χ4n) is 5.37. The van der Waals surface area contributed by atoms with E-state index in [0.717, 1.165) is 91.5 Å². The molecule has 0 spiro atoms. The van der Waals surface area contributed by atoms with Gasteiger partial charge in [0.1, 0.15) is 0 Å². The Morgan fingerprint density at radius 1 is 0.477 bits per heavy atom. The van der Waals surface area contributed by atoms with Crippen LogP contribution in [0.2, 0.25) is 0 Å². The normalized spacial score (nSPS) is 12.3. The van der Waals surface area contributed by atoms with Gasteiger partial charge in [0.05, 0.1) is 14.2 Å². The van der Waals surface area contributed by atoms with Gasteiger partial charge in [0.25, 0.3) is 5.97 Å². The fraction of sp³-hybridized carbons (Fsp3) is 0.508. The van der Waals surface area contributed by atoms with Gasteiger partial charge in [-0.05, 0) is 43.4 Å². The van der Waals surface area contributed by atoms with E-state index >= 15 is 0 Å². The molecule has 0 unspecified atom stereocenters. The topological polar surface area (TPSA) is 169 Å². The summed E-state index contributed by atoms with van der Waals surface area (Å²) in [5.41, 5.74) is 0. The number of amides is 3. The fourth-order valence-corrected chi connectivity index (χ4v) is 5.37. The van der Waals surface area contributed by atoms with Gasteiger partial charge in [-0.3, -0.25) is 29.0 Å². The zero-order valence-corrected chi connectivity index (χ0v) is 64.7. The van der Waals surface area contributed by atoms with Crippen LogP contribution in [0.25, 0.3) is 0 Å². The summed E-state index contributed by atoms with van der Waals surface area (Å²) in [4.78, 5) is 69.9. The molecule has 4 heterocycles. The molecule has 86 heavy (non-hydrogen) atoms. The number of aliphatic carboxylic acids is 1. The minimum absolute atomic E-state index is 0. The van der Waals surface area contributed by atoms with Crippen molar-refractivity contribution in [2.24, 2.45) is 0 Å². The number of ether oxygens (including phenoxy) is 2. The first-order chi connectivity index (χ1) is 40.3. The number of hydrogen-bond donors (Lipinski definition) is 2. The van der Waals surface area contributed by atoms with E-state index < -0.39 is 12.4 Å². The van der Waals surface area contributed by atoms with E-state index in [-0.39, 0.29) is 83.3 Å². The second kappa shape index (κ2) is 91.3. The first-order valence-electron chi connectivity index (χ1n) is 27.2. The Balaban J connectivity index is -0.0000000932. The summed E-state index contributed by atoms with van der Waals surface area (Å²) in [6.07, 6.45) is 15.4. The van der Waals surface area contributed by atoms with E-state index in [1.54, 1.807) is 52.0 Å². The molecule has 0 aromatic heterocycles. The summed E-state index contributed by atoms with van der Waals surface area (Å²) >= 11 is 8.19. The van der Waals surface area contributed by atoms with Crippen LogP contribution in [0, 0.1) is 0 Å². The van der Waals surface area contributed by atoms with E-state index in [4.69, 9.17) is 9.90 Å². The molecule has 3 amide bonds. The number of carbonyl (C=O) groups is 4. The summed E-state index contributed by atoms with van der Waals surface area (Å²) in [5.74, 6) is 0.647. The molecule has 0 aliphatic carbocycles. The van der Waals surface area contributed by atoms with E-state index in [9.17, 15) is 24.0 Å². The van der Waals surface area contributed by atoms with Gasteiger partial charge in [0.15, 0.2) is 0 Å². The zero-order chi connectivity index (χ0) is 66.0. The number of carbonyl (C=O) groups excluding carboxylic acids is 5. The molecule has 4 fully saturated rings. The van der Waals surface area contributed by atoms with Crippen LogP contribution in [0.15, 0.2) is 146 Å². The SMILES string of the molecule is CBr.CC.CC.CC(=O)N1CC(N2CCN([C-]=O)CC2)C1.CC(=O)O.COC(C)=O.COC(C)=O.CSC.CSC.CSC.O=[C-]N1CCN(C2CNC2)CC1.[B]B([B])[B].[Y].[Y].c1ccccc1.c1ccccc1.c1ccccc1.c1ccccc1. The molecule has 4 aliphatic heterocycles. The molecule has 25 heteroatoms. The quantitative estimate of drug-likeness (QED) is 0.0858. The molecule has 4 aromatic carbocycles. The smallest absolute Gasteiger partial charge is 0.302 e. The van der Waals surface area contributed by atoms with Crippen LogP contribution in [0.1, 0.15) is 55.4 Å². The maximum Gasteiger partial charge on any atom is 0.302 e. The molecular formula is C61H103B4BrN6O9S3Y2-2. The molecule has 4 aliphatic rings. The number of piperazine rings is 2. The number of carboxylic acids is 1. The summed E-state index contributed by atoms with van der Waals surface area (Å²) in [5, 5.41) is 10.7. The summed E-state index contributed by atoms with van der Waals surface area (Å²) in [6, 6.07) is 49.2. The monoisotopic (exact) mass is 1460 g/mol. The number of thioether (sulfide) groups is 3. The van der Waals surface area contributed by atoms with Gasteiger partial charge in [-0.2, -0.15) is 48.1 Å². The van der Waals surface area contributed by atoms with Crippen molar-refractivity contribution in [3.8, 4) is 0 Å².